The second kappa shape index (κ2) is 7.48. The summed E-state index contributed by atoms with van der Waals surface area (Å²) in [5, 5.41) is 3.52. The first-order valence-corrected chi connectivity index (χ1v) is 8.44. The molecule has 2 aromatic heterocycles. The standard InChI is InChI=1S/C18H24N6O/c1-12(19)16(10-20-14-3-5-24(2)6-4-14)17-8-13-7-15(22-11-25)9-21-18(13)23-17/h7-11,14H,3-6,19H2,1-2H3,(H,21,23)(H,22,25). The van der Waals surface area contributed by atoms with E-state index < -0.39 is 0 Å². The zero-order chi connectivity index (χ0) is 17.8. The Hall–Kier alpha value is -2.67. The molecule has 3 rings (SSSR count). The van der Waals surface area contributed by atoms with Gasteiger partial charge in [-0.25, -0.2) is 4.98 Å². The van der Waals surface area contributed by atoms with E-state index in [0.29, 0.717) is 23.8 Å². The molecule has 0 bridgehead atoms. The van der Waals surface area contributed by atoms with Crippen LogP contribution in [-0.2, 0) is 4.79 Å². The normalized spacial score (nSPS) is 17.8. The molecule has 0 saturated carbocycles. The Labute approximate surface area is 147 Å². The Bertz CT molecular complexity index is 810. The molecule has 1 aliphatic heterocycles. The molecule has 132 valence electrons. The number of carbonyl (C=O) groups excluding carboxylic acids is 1. The Kier molecular flexibility index (Phi) is 5.14. The minimum absolute atomic E-state index is 0.344. The van der Waals surface area contributed by atoms with Crippen LogP contribution >= 0.6 is 0 Å². The van der Waals surface area contributed by atoms with Crippen LogP contribution in [0.25, 0.3) is 16.6 Å². The molecule has 0 aromatic carbocycles. The van der Waals surface area contributed by atoms with Gasteiger partial charge in [0.25, 0.3) is 0 Å². The van der Waals surface area contributed by atoms with Gasteiger partial charge in [-0.05, 0) is 52.0 Å². The number of nitrogens with one attached hydrogen (secondary N) is 2. The summed E-state index contributed by atoms with van der Waals surface area (Å²) in [6, 6.07) is 4.19. The molecular formula is C18H24N6O. The highest BCUT2D eigenvalue weighted by atomic mass is 16.1. The number of aromatic nitrogens is 2. The number of fused-ring (bicyclic) bond motifs is 1. The highest BCUT2D eigenvalue weighted by Crippen LogP contribution is 2.23. The number of nitrogens with two attached hydrogens (primary N) is 1. The van der Waals surface area contributed by atoms with Gasteiger partial charge in [0.1, 0.15) is 5.65 Å². The molecule has 3 heterocycles. The van der Waals surface area contributed by atoms with Crippen molar-refractivity contribution in [1.29, 1.82) is 0 Å². The molecule has 0 aliphatic carbocycles. The van der Waals surface area contributed by atoms with Gasteiger partial charge in [0, 0.05) is 22.9 Å². The van der Waals surface area contributed by atoms with Crippen molar-refractivity contribution in [2.24, 2.45) is 10.7 Å². The number of hydrogen-bond acceptors (Lipinski definition) is 5. The first-order valence-electron chi connectivity index (χ1n) is 8.44. The highest BCUT2D eigenvalue weighted by Gasteiger charge is 2.15. The minimum atomic E-state index is 0.344. The predicted octanol–water partition coefficient (Wildman–Crippen LogP) is 1.99. The lowest BCUT2D eigenvalue weighted by Crippen LogP contribution is -2.32. The fourth-order valence-electron chi connectivity index (χ4n) is 3.02. The van der Waals surface area contributed by atoms with Gasteiger partial charge >= 0.3 is 0 Å². The number of allylic oxidation sites excluding steroid dienone is 2. The third-order valence-electron chi connectivity index (χ3n) is 4.51. The number of hydrogen-bond donors (Lipinski definition) is 3. The van der Waals surface area contributed by atoms with E-state index in [9.17, 15) is 4.79 Å². The maximum atomic E-state index is 10.6. The predicted molar refractivity (Wildman–Crippen MR) is 102 cm³/mol. The number of aromatic amines is 1. The molecular weight excluding hydrogens is 316 g/mol. The van der Waals surface area contributed by atoms with Gasteiger partial charge in [0.05, 0.1) is 23.6 Å². The monoisotopic (exact) mass is 340 g/mol. The zero-order valence-electron chi connectivity index (χ0n) is 14.6. The van der Waals surface area contributed by atoms with Crippen molar-refractivity contribution in [1.82, 2.24) is 14.9 Å². The number of rotatable bonds is 5. The molecule has 1 aliphatic rings. The summed E-state index contributed by atoms with van der Waals surface area (Å²) < 4.78 is 0. The van der Waals surface area contributed by atoms with Crippen molar-refractivity contribution in [3.8, 4) is 0 Å². The number of nitrogens with zero attached hydrogens (tertiary/aromatic N) is 3. The number of H-pyrrole nitrogens is 1. The van der Waals surface area contributed by atoms with Crippen LogP contribution < -0.4 is 11.1 Å². The average Bonchev–Trinajstić information content (AvgIpc) is 2.99. The largest absolute Gasteiger partial charge is 0.402 e. The van der Waals surface area contributed by atoms with Crippen LogP contribution in [0.5, 0.6) is 0 Å². The zero-order valence-corrected chi connectivity index (χ0v) is 14.6. The van der Waals surface area contributed by atoms with Crippen molar-refractivity contribution in [2.45, 2.75) is 25.8 Å². The van der Waals surface area contributed by atoms with E-state index in [0.717, 1.165) is 48.2 Å². The van der Waals surface area contributed by atoms with E-state index in [4.69, 9.17) is 10.7 Å². The van der Waals surface area contributed by atoms with Crippen LogP contribution in [0.4, 0.5) is 5.69 Å². The van der Waals surface area contributed by atoms with Crippen LogP contribution in [0, 0.1) is 0 Å². The first-order chi connectivity index (χ1) is 12.1. The van der Waals surface area contributed by atoms with E-state index in [1.807, 2.05) is 25.3 Å². The second-order valence-corrected chi connectivity index (χ2v) is 6.52. The molecule has 0 spiro atoms. The van der Waals surface area contributed by atoms with Crippen molar-refractivity contribution in [2.75, 3.05) is 25.5 Å². The molecule has 4 N–H and O–H groups in total. The summed E-state index contributed by atoms with van der Waals surface area (Å²) in [5.74, 6) is 0. The number of carbonyl (C=O) groups is 1. The minimum Gasteiger partial charge on any atom is -0.402 e. The average molecular weight is 340 g/mol. The maximum absolute atomic E-state index is 10.6. The summed E-state index contributed by atoms with van der Waals surface area (Å²) in [5.41, 5.74) is 9.95. The Morgan fingerprint density at radius 1 is 1.44 bits per heavy atom. The highest BCUT2D eigenvalue weighted by molar-refractivity contribution is 6.11. The lowest BCUT2D eigenvalue weighted by molar-refractivity contribution is -0.105. The Balaban J connectivity index is 1.84. The molecule has 7 nitrogen and oxygen atoms in total. The Morgan fingerprint density at radius 2 is 2.20 bits per heavy atom. The number of aliphatic imine (C=N–C) groups is 1. The topological polar surface area (TPSA) is 99.4 Å². The van der Waals surface area contributed by atoms with Gasteiger partial charge in [-0.2, -0.15) is 0 Å². The van der Waals surface area contributed by atoms with Gasteiger partial charge in [0.2, 0.25) is 6.41 Å². The molecule has 1 amide bonds. The number of pyridine rings is 1. The summed E-state index contributed by atoms with van der Waals surface area (Å²) >= 11 is 0. The van der Waals surface area contributed by atoms with E-state index in [1.54, 1.807) is 6.20 Å². The smallest absolute Gasteiger partial charge is 0.211 e. The van der Waals surface area contributed by atoms with Crippen molar-refractivity contribution in [3.05, 3.63) is 29.7 Å². The van der Waals surface area contributed by atoms with Crippen LogP contribution in [-0.4, -0.2) is 53.7 Å². The summed E-state index contributed by atoms with van der Waals surface area (Å²) in [6.07, 6.45) is 6.26. The second-order valence-electron chi connectivity index (χ2n) is 6.52. The molecule has 1 fully saturated rings. The molecule has 7 heteroatoms. The number of piperidine rings is 1. The van der Waals surface area contributed by atoms with Gasteiger partial charge in [-0.1, -0.05) is 0 Å². The van der Waals surface area contributed by atoms with Crippen molar-refractivity contribution in [3.63, 3.8) is 0 Å². The van der Waals surface area contributed by atoms with Gasteiger partial charge in [0.15, 0.2) is 0 Å². The van der Waals surface area contributed by atoms with Crippen LogP contribution in [0.1, 0.15) is 25.5 Å². The van der Waals surface area contributed by atoms with Crippen LogP contribution in [0.15, 0.2) is 29.0 Å². The van der Waals surface area contributed by atoms with Gasteiger partial charge in [-0.3, -0.25) is 9.79 Å². The SMILES string of the molecule is CC(N)=C(C=NC1CCN(C)CC1)c1cc2cc(NC=O)cnc2[nH]1. The number of amides is 1. The molecule has 1 saturated heterocycles. The number of likely N-dealkylation sites (tertiary alicyclic amines) is 1. The molecule has 0 atom stereocenters. The molecule has 0 unspecified atom stereocenters. The van der Waals surface area contributed by atoms with Crippen molar-refractivity contribution >= 4 is 34.9 Å². The molecule has 25 heavy (non-hydrogen) atoms. The fraction of sp³-hybridized carbons (Fsp3) is 0.389. The summed E-state index contributed by atoms with van der Waals surface area (Å²) in [4.78, 5) is 25.3. The van der Waals surface area contributed by atoms with E-state index in [1.165, 1.54) is 0 Å². The van der Waals surface area contributed by atoms with Gasteiger partial charge in [-0.15, -0.1) is 0 Å². The number of anilines is 1. The quantitative estimate of drug-likeness (QED) is 0.572. The van der Waals surface area contributed by atoms with Gasteiger partial charge < -0.3 is 20.9 Å². The summed E-state index contributed by atoms with van der Waals surface area (Å²) in [6.45, 7) is 4.02. The lowest BCUT2D eigenvalue weighted by atomic mass is 10.1. The van der Waals surface area contributed by atoms with Crippen LogP contribution in [0.2, 0.25) is 0 Å². The van der Waals surface area contributed by atoms with E-state index >= 15 is 0 Å². The third-order valence-corrected chi connectivity index (χ3v) is 4.51. The third kappa shape index (κ3) is 4.06. The van der Waals surface area contributed by atoms with E-state index in [2.05, 4.69) is 27.2 Å². The summed E-state index contributed by atoms with van der Waals surface area (Å²) in [7, 11) is 2.14. The van der Waals surface area contributed by atoms with Crippen molar-refractivity contribution < 1.29 is 4.79 Å². The van der Waals surface area contributed by atoms with E-state index in [-0.39, 0.29) is 0 Å². The lowest BCUT2D eigenvalue weighted by Gasteiger charge is -2.26. The van der Waals surface area contributed by atoms with Crippen LogP contribution in [0.3, 0.4) is 0 Å². The first kappa shape index (κ1) is 17.2. The fourth-order valence-corrected chi connectivity index (χ4v) is 3.02. The molecule has 2 aromatic rings. The Morgan fingerprint density at radius 3 is 2.88 bits per heavy atom. The maximum Gasteiger partial charge on any atom is 0.211 e. The molecule has 0 radical (unpaired) electrons.